The van der Waals surface area contributed by atoms with Crippen molar-refractivity contribution in [3.63, 3.8) is 0 Å². The Morgan fingerprint density at radius 1 is 0.818 bits per heavy atom. The molecule has 0 aliphatic carbocycles. The molecule has 3 heterocycles. The van der Waals surface area contributed by atoms with E-state index >= 15 is 0 Å². The maximum Gasteiger partial charge on any atom is 0.234 e. The number of hydrogen-bond acceptors (Lipinski definition) is 5. The third-order valence-corrected chi connectivity index (χ3v) is 6.34. The molecule has 0 spiro atoms. The van der Waals surface area contributed by atoms with E-state index in [9.17, 15) is 4.39 Å². The second kappa shape index (κ2) is 8.07. The van der Waals surface area contributed by atoms with Crippen LogP contribution < -0.4 is 0 Å². The Bertz CT molecular complexity index is 1550. The predicted molar refractivity (Wildman–Crippen MR) is 126 cm³/mol. The molecule has 33 heavy (non-hydrogen) atoms. The van der Waals surface area contributed by atoms with E-state index < -0.39 is 0 Å². The summed E-state index contributed by atoms with van der Waals surface area (Å²) in [5, 5.41) is 18.8. The summed E-state index contributed by atoms with van der Waals surface area (Å²) in [4.78, 5) is 0.655. The quantitative estimate of drug-likeness (QED) is 0.350. The van der Waals surface area contributed by atoms with Crippen LogP contribution in [0.4, 0.5) is 4.39 Å². The van der Waals surface area contributed by atoms with Gasteiger partial charge in [-0.2, -0.15) is 14.7 Å². The highest BCUT2D eigenvalue weighted by molar-refractivity contribution is 7.19. The van der Waals surface area contributed by atoms with Crippen LogP contribution in [0.5, 0.6) is 0 Å². The smallest absolute Gasteiger partial charge is 0.232 e. The van der Waals surface area contributed by atoms with Gasteiger partial charge >= 0.3 is 0 Å². The Labute approximate surface area is 192 Å². The molecule has 0 radical (unpaired) electrons. The number of aromatic nitrogens is 6. The van der Waals surface area contributed by atoms with Gasteiger partial charge in [-0.05, 0) is 23.8 Å². The third kappa shape index (κ3) is 3.50. The van der Waals surface area contributed by atoms with E-state index in [2.05, 4.69) is 27.4 Å². The molecule has 0 amide bonds. The molecule has 0 saturated heterocycles. The molecule has 0 fully saturated rings. The van der Waals surface area contributed by atoms with Crippen molar-refractivity contribution in [3.8, 4) is 27.5 Å². The van der Waals surface area contributed by atoms with Crippen molar-refractivity contribution in [3.05, 3.63) is 108 Å². The molecule has 3 aromatic carbocycles. The summed E-state index contributed by atoms with van der Waals surface area (Å²) in [5.41, 5.74) is 4.40. The highest BCUT2D eigenvalue weighted by Gasteiger charge is 2.21. The number of fused-ring (bicyclic) bond motifs is 1. The molecule has 6 aromatic rings. The zero-order valence-electron chi connectivity index (χ0n) is 17.3. The van der Waals surface area contributed by atoms with E-state index in [-0.39, 0.29) is 5.82 Å². The zero-order valence-corrected chi connectivity index (χ0v) is 18.2. The van der Waals surface area contributed by atoms with E-state index in [1.807, 2.05) is 65.5 Å². The van der Waals surface area contributed by atoms with Crippen LogP contribution in [0, 0.1) is 5.82 Å². The molecule has 0 N–H and O–H groups in total. The van der Waals surface area contributed by atoms with E-state index in [1.165, 1.54) is 17.4 Å². The number of rotatable bonds is 5. The highest BCUT2D eigenvalue weighted by Crippen LogP contribution is 2.36. The first-order valence-electron chi connectivity index (χ1n) is 10.4. The average molecular weight is 453 g/mol. The largest absolute Gasteiger partial charge is 0.234 e. The van der Waals surface area contributed by atoms with Crippen molar-refractivity contribution in [1.29, 1.82) is 0 Å². The summed E-state index contributed by atoms with van der Waals surface area (Å²) in [6.45, 7) is 0. The summed E-state index contributed by atoms with van der Waals surface area (Å²) < 4.78 is 17.8. The van der Waals surface area contributed by atoms with Gasteiger partial charge in [0.1, 0.15) is 5.82 Å². The molecular weight excluding hydrogens is 435 g/mol. The van der Waals surface area contributed by atoms with Crippen LogP contribution >= 0.6 is 11.3 Å². The topological polar surface area (TPSA) is 60.9 Å². The molecule has 6 rings (SSSR count). The highest BCUT2D eigenvalue weighted by atomic mass is 32.1. The first-order chi connectivity index (χ1) is 16.3. The summed E-state index contributed by atoms with van der Waals surface area (Å²) in [7, 11) is 0. The molecule has 3 aromatic heterocycles. The van der Waals surface area contributed by atoms with E-state index in [4.69, 9.17) is 5.10 Å². The van der Waals surface area contributed by atoms with Crippen LogP contribution in [0.1, 0.15) is 11.4 Å². The number of para-hydroxylation sites is 1. The van der Waals surface area contributed by atoms with Gasteiger partial charge < -0.3 is 0 Å². The molecule has 8 heteroatoms. The van der Waals surface area contributed by atoms with E-state index in [1.54, 1.807) is 16.6 Å². The van der Waals surface area contributed by atoms with Crippen LogP contribution in [0.2, 0.25) is 0 Å². The van der Waals surface area contributed by atoms with Crippen LogP contribution in [0.15, 0.2) is 91.1 Å². The van der Waals surface area contributed by atoms with Crippen molar-refractivity contribution in [2.45, 2.75) is 6.42 Å². The Morgan fingerprint density at radius 3 is 2.33 bits per heavy atom. The Morgan fingerprint density at radius 2 is 1.55 bits per heavy atom. The Kier molecular flexibility index (Phi) is 4.77. The lowest BCUT2D eigenvalue weighted by Crippen LogP contribution is -2.00. The molecule has 0 unspecified atom stereocenters. The van der Waals surface area contributed by atoms with Gasteiger partial charge in [-0.1, -0.05) is 78.1 Å². The molecule has 0 bridgehead atoms. The average Bonchev–Trinajstić information content (AvgIpc) is 3.57. The maximum absolute atomic E-state index is 14.2. The zero-order chi connectivity index (χ0) is 22.2. The fourth-order valence-corrected chi connectivity index (χ4v) is 4.70. The Balaban J connectivity index is 1.47. The minimum Gasteiger partial charge on any atom is -0.232 e. The van der Waals surface area contributed by atoms with Gasteiger partial charge in [-0.25, -0.2) is 9.07 Å². The predicted octanol–water partition coefficient (Wildman–Crippen LogP) is 5.44. The summed E-state index contributed by atoms with van der Waals surface area (Å²) in [6, 6.07) is 26.8. The van der Waals surface area contributed by atoms with Crippen molar-refractivity contribution in [2.75, 3.05) is 0 Å². The normalized spacial score (nSPS) is 11.3. The van der Waals surface area contributed by atoms with Crippen molar-refractivity contribution in [2.24, 2.45) is 0 Å². The van der Waals surface area contributed by atoms with Crippen LogP contribution in [-0.4, -0.2) is 29.6 Å². The molecule has 160 valence electrons. The van der Waals surface area contributed by atoms with Crippen molar-refractivity contribution >= 4 is 16.3 Å². The first-order valence-corrected chi connectivity index (χ1v) is 11.2. The van der Waals surface area contributed by atoms with Gasteiger partial charge in [0, 0.05) is 12.0 Å². The fourth-order valence-electron chi connectivity index (χ4n) is 3.83. The number of hydrogen-bond donors (Lipinski definition) is 0. The lowest BCUT2D eigenvalue weighted by atomic mass is 10.1. The van der Waals surface area contributed by atoms with E-state index in [0.717, 1.165) is 27.5 Å². The third-order valence-electron chi connectivity index (χ3n) is 5.41. The second-order valence-electron chi connectivity index (χ2n) is 7.51. The van der Waals surface area contributed by atoms with E-state index in [0.29, 0.717) is 22.8 Å². The molecular formula is C25H17FN6S. The SMILES string of the molecule is Fc1ccccc1Cc1nnc2sc(-c3cnn(-c4ccccc4)c3-c3ccccc3)nn12. The van der Waals surface area contributed by atoms with Gasteiger partial charge in [0.05, 0.1) is 23.1 Å². The Hall–Kier alpha value is -4.17. The van der Waals surface area contributed by atoms with Crippen molar-refractivity contribution < 1.29 is 4.39 Å². The molecule has 0 atom stereocenters. The van der Waals surface area contributed by atoms with Gasteiger partial charge in [0.25, 0.3) is 0 Å². The lowest BCUT2D eigenvalue weighted by Gasteiger charge is -2.09. The molecule has 0 saturated carbocycles. The van der Waals surface area contributed by atoms with Gasteiger partial charge in [0.2, 0.25) is 4.96 Å². The molecule has 0 aliphatic heterocycles. The number of nitrogens with zero attached hydrogens (tertiary/aromatic N) is 6. The minimum atomic E-state index is -0.264. The lowest BCUT2D eigenvalue weighted by molar-refractivity contribution is 0.611. The molecule has 0 aliphatic rings. The second-order valence-corrected chi connectivity index (χ2v) is 8.46. The standard InChI is InChI=1S/C25H17FN6S/c26-21-14-8-7-11-18(21)15-22-28-29-25-32(22)30-24(33-25)20-16-27-31(19-12-5-2-6-13-19)23(20)17-9-3-1-4-10-17/h1-14,16H,15H2. The fraction of sp³-hybridized carbons (Fsp3) is 0.0400. The number of halogens is 1. The summed E-state index contributed by atoms with van der Waals surface area (Å²) in [5.74, 6) is 0.328. The molecule has 6 nitrogen and oxygen atoms in total. The van der Waals surface area contributed by atoms with Gasteiger partial charge in [-0.15, -0.1) is 10.2 Å². The van der Waals surface area contributed by atoms with Crippen LogP contribution in [0.3, 0.4) is 0 Å². The van der Waals surface area contributed by atoms with Crippen LogP contribution in [-0.2, 0) is 6.42 Å². The first kappa shape index (κ1) is 19.5. The summed E-state index contributed by atoms with van der Waals surface area (Å²) >= 11 is 1.43. The summed E-state index contributed by atoms with van der Waals surface area (Å²) in [6.07, 6.45) is 2.14. The van der Waals surface area contributed by atoms with Crippen molar-refractivity contribution in [1.82, 2.24) is 29.6 Å². The maximum atomic E-state index is 14.2. The minimum absolute atomic E-state index is 0.264. The monoisotopic (exact) mass is 452 g/mol. The number of benzene rings is 3. The van der Waals surface area contributed by atoms with Gasteiger partial charge in [-0.3, -0.25) is 0 Å². The van der Waals surface area contributed by atoms with Crippen LogP contribution in [0.25, 0.3) is 32.5 Å². The van der Waals surface area contributed by atoms with Gasteiger partial charge in [0.15, 0.2) is 10.8 Å².